The fourth-order valence-electron chi connectivity index (χ4n) is 3.16. The van der Waals surface area contributed by atoms with Crippen molar-refractivity contribution in [3.05, 3.63) is 41.3 Å². The van der Waals surface area contributed by atoms with Crippen LogP contribution in [0.25, 0.3) is 10.9 Å². The Morgan fingerprint density at radius 3 is 2.76 bits per heavy atom. The van der Waals surface area contributed by atoms with Gasteiger partial charge in [0.2, 0.25) is 5.91 Å². The first-order valence-electron chi connectivity index (χ1n) is 8.20. The predicted octanol–water partition coefficient (Wildman–Crippen LogP) is 1.79. The van der Waals surface area contributed by atoms with Crippen molar-refractivity contribution in [2.45, 2.75) is 25.8 Å². The van der Waals surface area contributed by atoms with Gasteiger partial charge in [-0.2, -0.15) is 0 Å². The number of hydrogen-bond donors (Lipinski definition) is 1. The lowest BCUT2D eigenvalue weighted by atomic mass is 10.0. The van der Waals surface area contributed by atoms with Gasteiger partial charge in [0.05, 0.1) is 17.8 Å². The van der Waals surface area contributed by atoms with Gasteiger partial charge in [0.1, 0.15) is 11.3 Å². The molecule has 2 N–H and O–H groups in total. The van der Waals surface area contributed by atoms with Gasteiger partial charge in [0.25, 0.3) is 5.91 Å². The second kappa shape index (κ2) is 7.14. The van der Waals surface area contributed by atoms with Crippen LogP contribution in [-0.4, -0.2) is 47.5 Å². The summed E-state index contributed by atoms with van der Waals surface area (Å²) in [6.45, 7) is 2.57. The van der Waals surface area contributed by atoms with Crippen molar-refractivity contribution in [1.29, 1.82) is 0 Å². The fraction of sp³-hybridized carbons (Fsp3) is 0.389. The number of aromatic nitrogens is 1. The van der Waals surface area contributed by atoms with Crippen LogP contribution in [0.1, 0.15) is 28.9 Å². The number of fused-ring (bicyclic) bond motifs is 1. The number of carbonyl (C=O) groups excluding carboxylic acids is 2. The minimum absolute atomic E-state index is 0.114. The Labute approximate surface area is 144 Å². The lowest BCUT2D eigenvalue weighted by Crippen LogP contribution is -2.47. The number of rotatable bonds is 4. The molecule has 2 amide bonds. The van der Waals surface area contributed by atoms with E-state index in [2.05, 4.69) is 4.98 Å². The quantitative estimate of drug-likeness (QED) is 0.915. The number of halogens is 1. The molecule has 1 fully saturated rings. The average molecular weight is 345 g/mol. The number of amides is 2. The Morgan fingerprint density at radius 2 is 2.08 bits per heavy atom. The molecule has 1 aromatic heterocycles. The molecule has 0 radical (unpaired) electrons. The Balaban J connectivity index is 1.99. The van der Waals surface area contributed by atoms with E-state index in [9.17, 15) is 14.0 Å². The number of carbonyl (C=O) groups is 2. The Bertz CT molecular complexity index is 819. The van der Waals surface area contributed by atoms with E-state index in [4.69, 9.17) is 10.5 Å². The molecule has 1 aromatic carbocycles. The van der Waals surface area contributed by atoms with E-state index in [0.29, 0.717) is 42.7 Å². The maximum absolute atomic E-state index is 13.9. The van der Waals surface area contributed by atoms with Gasteiger partial charge in [-0.25, -0.2) is 9.37 Å². The number of nitrogens with zero attached hydrogens (tertiary/aromatic N) is 2. The zero-order chi connectivity index (χ0) is 18.0. The average Bonchev–Trinajstić information content (AvgIpc) is 2.60. The molecular formula is C18H20FN3O3. The standard InChI is InChI=1S/C18H20FN3O3/c1-11-14(9-12-3-2-4-15(19)17(12)21-11)18(24)22(10-16(20)23)13-5-7-25-8-6-13/h2-4,9,13H,5-8,10H2,1H3,(H2,20,23). The van der Waals surface area contributed by atoms with E-state index < -0.39 is 11.7 Å². The molecule has 1 aliphatic rings. The molecule has 132 valence electrons. The number of primary amides is 1. The van der Waals surface area contributed by atoms with Crippen LogP contribution < -0.4 is 5.73 Å². The smallest absolute Gasteiger partial charge is 0.256 e. The number of aryl methyl sites for hydroxylation is 1. The zero-order valence-corrected chi connectivity index (χ0v) is 14.0. The molecule has 6 nitrogen and oxygen atoms in total. The van der Waals surface area contributed by atoms with E-state index in [-0.39, 0.29) is 24.0 Å². The molecule has 2 aromatic rings. The number of pyridine rings is 1. The van der Waals surface area contributed by atoms with Crippen LogP contribution in [0.15, 0.2) is 24.3 Å². The topological polar surface area (TPSA) is 85.5 Å². The summed E-state index contributed by atoms with van der Waals surface area (Å²) in [5.41, 5.74) is 6.33. The van der Waals surface area contributed by atoms with Crippen molar-refractivity contribution in [2.24, 2.45) is 5.73 Å². The molecule has 1 saturated heterocycles. The SMILES string of the molecule is Cc1nc2c(F)cccc2cc1C(=O)N(CC(N)=O)C1CCOCC1. The van der Waals surface area contributed by atoms with Crippen LogP contribution in [-0.2, 0) is 9.53 Å². The summed E-state index contributed by atoms with van der Waals surface area (Å²) in [6.07, 6.45) is 1.29. The lowest BCUT2D eigenvalue weighted by Gasteiger charge is -2.33. The summed E-state index contributed by atoms with van der Waals surface area (Å²) in [6, 6.07) is 6.11. The molecule has 2 heterocycles. The van der Waals surface area contributed by atoms with Crippen molar-refractivity contribution < 1.29 is 18.7 Å². The van der Waals surface area contributed by atoms with Gasteiger partial charge in [-0.15, -0.1) is 0 Å². The van der Waals surface area contributed by atoms with E-state index >= 15 is 0 Å². The van der Waals surface area contributed by atoms with Crippen LogP contribution in [0.3, 0.4) is 0 Å². The van der Waals surface area contributed by atoms with Gasteiger partial charge in [0.15, 0.2) is 0 Å². The summed E-state index contributed by atoms with van der Waals surface area (Å²) >= 11 is 0. The predicted molar refractivity (Wildman–Crippen MR) is 90.5 cm³/mol. The van der Waals surface area contributed by atoms with Crippen LogP contribution in [0, 0.1) is 12.7 Å². The van der Waals surface area contributed by atoms with E-state index in [1.54, 1.807) is 25.1 Å². The maximum Gasteiger partial charge on any atom is 0.256 e. The molecule has 0 saturated carbocycles. The summed E-state index contributed by atoms with van der Waals surface area (Å²) < 4.78 is 19.2. The third-order valence-electron chi connectivity index (χ3n) is 4.44. The normalized spacial score (nSPS) is 15.3. The van der Waals surface area contributed by atoms with Gasteiger partial charge >= 0.3 is 0 Å². The third kappa shape index (κ3) is 3.61. The highest BCUT2D eigenvalue weighted by Crippen LogP contribution is 2.23. The van der Waals surface area contributed by atoms with Crippen LogP contribution in [0.2, 0.25) is 0 Å². The van der Waals surface area contributed by atoms with E-state index in [1.807, 2.05) is 0 Å². The molecule has 3 rings (SSSR count). The second-order valence-electron chi connectivity index (χ2n) is 6.18. The Hall–Kier alpha value is -2.54. The van der Waals surface area contributed by atoms with Crippen molar-refractivity contribution in [2.75, 3.05) is 19.8 Å². The van der Waals surface area contributed by atoms with Crippen LogP contribution >= 0.6 is 0 Å². The van der Waals surface area contributed by atoms with Crippen molar-refractivity contribution in [1.82, 2.24) is 9.88 Å². The molecule has 0 atom stereocenters. The van der Waals surface area contributed by atoms with Crippen LogP contribution in [0.5, 0.6) is 0 Å². The molecule has 25 heavy (non-hydrogen) atoms. The van der Waals surface area contributed by atoms with E-state index in [1.165, 1.54) is 11.0 Å². The van der Waals surface area contributed by atoms with Gasteiger partial charge in [0, 0.05) is 24.6 Å². The van der Waals surface area contributed by atoms with Crippen LogP contribution in [0.4, 0.5) is 4.39 Å². The Morgan fingerprint density at radius 1 is 1.36 bits per heavy atom. The highest BCUT2D eigenvalue weighted by atomic mass is 19.1. The van der Waals surface area contributed by atoms with Crippen molar-refractivity contribution >= 4 is 22.7 Å². The first-order valence-corrected chi connectivity index (χ1v) is 8.20. The maximum atomic E-state index is 13.9. The fourth-order valence-corrected chi connectivity index (χ4v) is 3.16. The third-order valence-corrected chi connectivity index (χ3v) is 4.44. The molecule has 1 aliphatic heterocycles. The number of hydrogen-bond acceptors (Lipinski definition) is 4. The van der Waals surface area contributed by atoms with E-state index in [0.717, 1.165) is 0 Å². The molecule has 7 heteroatoms. The minimum atomic E-state index is -0.572. The summed E-state index contributed by atoms with van der Waals surface area (Å²) in [5.74, 6) is -1.32. The first kappa shape index (κ1) is 17.3. The largest absolute Gasteiger partial charge is 0.381 e. The van der Waals surface area contributed by atoms with Gasteiger partial charge in [-0.3, -0.25) is 9.59 Å². The summed E-state index contributed by atoms with van der Waals surface area (Å²) in [5, 5.41) is 0.542. The summed E-state index contributed by atoms with van der Waals surface area (Å²) in [4.78, 5) is 30.3. The monoisotopic (exact) mass is 345 g/mol. The highest BCUT2D eigenvalue weighted by Gasteiger charge is 2.29. The number of benzene rings is 1. The summed E-state index contributed by atoms with van der Waals surface area (Å²) in [7, 11) is 0. The van der Waals surface area contributed by atoms with Gasteiger partial charge < -0.3 is 15.4 Å². The molecule has 0 aliphatic carbocycles. The second-order valence-corrected chi connectivity index (χ2v) is 6.18. The Kier molecular flexibility index (Phi) is 4.94. The number of para-hydroxylation sites is 1. The molecule has 0 spiro atoms. The minimum Gasteiger partial charge on any atom is -0.381 e. The van der Waals surface area contributed by atoms with Gasteiger partial charge in [-0.1, -0.05) is 12.1 Å². The molecular weight excluding hydrogens is 325 g/mol. The van der Waals surface area contributed by atoms with Gasteiger partial charge in [-0.05, 0) is 31.9 Å². The first-order chi connectivity index (χ1) is 12.0. The lowest BCUT2D eigenvalue weighted by molar-refractivity contribution is -0.119. The highest BCUT2D eigenvalue weighted by molar-refractivity contribution is 6.00. The number of ether oxygens (including phenoxy) is 1. The van der Waals surface area contributed by atoms with Crippen molar-refractivity contribution in [3.8, 4) is 0 Å². The number of nitrogens with two attached hydrogens (primary N) is 1. The molecule has 0 bridgehead atoms. The molecule has 0 unspecified atom stereocenters. The van der Waals surface area contributed by atoms with Crippen molar-refractivity contribution in [3.63, 3.8) is 0 Å². The zero-order valence-electron chi connectivity index (χ0n) is 14.0.